The Kier molecular flexibility index (Phi) is 5.30. The fraction of sp³-hybridized carbons (Fsp3) is 0.286. The molecule has 8 nitrogen and oxygen atoms in total. The van der Waals surface area contributed by atoms with Gasteiger partial charge in [0.2, 0.25) is 0 Å². The minimum atomic E-state index is -4.76. The zero-order chi connectivity index (χ0) is 22.9. The van der Waals surface area contributed by atoms with Gasteiger partial charge in [0.1, 0.15) is 17.1 Å². The first kappa shape index (κ1) is 21.3. The van der Waals surface area contributed by atoms with E-state index in [9.17, 15) is 23.2 Å². The number of nitrogens with zero attached hydrogens (tertiary/aromatic N) is 6. The molecule has 1 aliphatic rings. The lowest BCUT2D eigenvalue weighted by Crippen LogP contribution is -2.29. The van der Waals surface area contributed by atoms with Gasteiger partial charge in [0.15, 0.2) is 0 Å². The van der Waals surface area contributed by atoms with Crippen LogP contribution < -0.4 is 5.32 Å². The molecule has 1 amide bonds. The third kappa shape index (κ3) is 4.12. The molecule has 32 heavy (non-hydrogen) atoms. The standard InChI is InChI=1S/C21H16F3N7O/c1-12(17-18(29-7-6-28-17)14-10-26-4-5-27-14)30-19(32)13-8-15(20(11-25)2-3-20)31-16(9-13)21(22,23)24/h4-10,12H,2-3H2,1H3,(H,30,32). The van der Waals surface area contributed by atoms with Crippen molar-refractivity contribution in [2.45, 2.75) is 37.4 Å². The summed E-state index contributed by atoms with van der Waals surface area (Å²) in [6.45, 7) is 1.63. The highest BCUT2D eigenvalue weighted by atomic mass is 19.4. The number of pyridine rings is 1. The zero-order valence-electron chi connectivity index (χ0n) is 16.8. The smallest absolute Gasteiger partial charge is 0.344 e. The number of carbonyl (C=O) groups is 1. The summed E-state index contributed by atoms with van der Waals surface area (Å²) in [5, 5.41) is 12.0. The predicted octanol–water partition coefficient (Wildman–Crippen LogP) is 3.39. The van der Waals surface area contributed by atoms with Crippen LogP contribution in [0.25, 0.3) is 11.4 Å². The molecular weight excluding hydrogens is 423 g/mol. The van der Waals surface area contributed by atoms with Crippen LogP contribution in [0.15, 0.2) is 43.1 Å². The molecular formula is C21H16F3N7O. The first-order valence-corrected chi connectivity index (χ1v) is 9.63. The fourth-order valence-corrected chi connectivity index (χ4v) is 3.23. The van der Waals surface area contributed by atoms with E-state index in [1.807, 2.05) is 6.07 Å². The number of nitriles is 1. The maximum atomic E-state index is 13.4. The number of amides is 1. The fourth-order valence-electron chi connectivity index (χ4n) is 3.23. The van der Waals surface area contributed by atoms with E-state index in [4.69, 9.17) is 0 Å². The highest BCUT2D eigenvalue weighted by molar-refractivity contribution is 5.94. The quantitative estimate of drug-likeness (QED) is 0.647. The molecule has 0 radical (unpaired) electrons. The van der Waals surface area contributed by atoms with Gasteiger partial charge in [0.05, 0.1) is 35.1 Å². The van der Waals surface area contributed by atoms with Gasteiger partial charge >= 0.3 is 6.18 Å². The van der Waals surface area contributed by atoms with Crippen LogP contribution in [0.1, 0.15) is 53.2 Å². The van der Waals surface area contributed by atoms with Gasteiger partial charge in [-0.1, -0.05) is 0 Å². The molecule has 0 spiro atoms. The Morgan fingerprint density at radius 1 is 1.16 bits per heavy atom. The summed E-state index contributed by atoms with van der Waals surface area (Å²) in [4.78, 5) is 33.2. The first-order valence-electron chi connectivity index (χ1n) is 9.63. The highest BCUT2D eigenvalue weighted by Gasteiger charge is 2.48. The number of hydrogen-bond donors (Lipinski definition) is 1. The molecule has 4 rings (SSSR count). The molecule has 0 saturated heterocycles. The molecule has 3 heterocycles. The van der Waals surface area contributed by atoms with Crippen molar-refractivity contribution in [3.8, 4) is 17.5 Å². The normalized spacial score (nSPS) is 15.5. The maximum Gasteiger partial charge on any atom is 0.433 e. The maximum absolute atomic E-state index is 13.4. The summed E-state index contributed by atoms with van der Waals surface area (Å²) >= 11 is 0. The van der Waals surface area contributed by atoms with Crippen molar-refractivity contribution < 1.29 is 18.0 Å². The molecule has 3 aromatic heterocycles. The lowest BCUT2D eigenvalue weighted by Gasteiger charge is -2.17. The molecule has 162 valence electrons. The van der Waals surface area contributed by atoms with Crippen LogP contribution in [0.5, 0.6) is 0 Å². The van der Waals surface area contributed by atoms with E-state index >= 15 is 0 Å². The van der Waals surface area contributed by atoms with Gasteiger partial charge in [-0.2, -0.15) is 18.4 Å². The summed E-state index contributed by atoms with van der Waals surface area (Å²) in [5.74, 6) is -0.754. The second kappa shape index (κ2) is 7.96. The molecule has 1 fully saturated rings. The summed E-state index contributed by atoms with van der Waals surface area (Å²) in [7, 11) is 0. The molecule has 3 aromatic rings. The van der Waals surface area contributed by atoms with Crippen molar-refractivity contribution in [2.24, 2.45) is 0 Å². The number of halogens is 3. The number of aromatic nitrogens is 5. The van der Waals surface area contributed by atoms with Crippen LogP contribution in [0.3, 0.4) is 0 Å². The lowest BCUT2D eigenvalue weighted by atomic mass is 10.0. The van der Waals surface area contributed by atoms with E-state index in [0.717, 1.165) is 0 Å². The Morgan fingerprint density at radius 2 is 1.88 bits per heavy atom. The molecule has 0 aliphatic heterocycles. The lowest BCUT2D eigenvalue weighted by molar-refractivity contribution is -0.141. The summed E-state index contributed by atoms with van der Waals surface area (Å²) in [6, 6.07) is 3.23. The molecule has 1 atom stereocenters. The van der Waals surface area contributed by atoms with E-state index < -0.39 is 29.2 Å². The Morgan fingerprint density at radius 3 is 2.50 bits per heavy atom. The van der Waals surface area contributed by atoms with Gasteiger partial charge < -0.3 is 5.32 Å². The number of hydrogen-bond acceptors (Lipinski definition) is 7. The average molecular weight is 439 g/mol. The van der Waals surface area contributed by atoms with Crippen molar-refractivity contribution in [1.82, 2.24) is 30.2 Å². The third-order valence-electron chi connectivity index (χ3n) is 5.12. The molecule has 1 N–H and O–H groups in total. The van der Waals surface area contributed by atoms with Crippen LogP contribution in [0.2, 0.25) is 0 Å². The van der Waals surface area contributed by atoms with Crippen molar-refractivity contribution >= 4 is 5.91 Å². The Bertz CT molecular complexity index is 1200. The van der Waals surface area contributed by atoms with Crippen molar-refractivity contribution in [3.63, 3.8) is 0 Å². The second-order valence-electron chi connectivity index (χ2n) is 7.39. The van der Waals surface area contributed by atoms with Crippen LogP contribution >= 0.6 is 0 Å². The van der Waals surface area contributed by atoms with Crippen molar-refractivity contribution in [1.29, 1.82) is 5.26 Å². The Labute approximate surface area is 180 Å². The van der Waals surface area contributed by atoms with Crippen molar-refractivity contribution in [2.75, 3.05) is 0 Å². The minimum absolute atomic E-state index is 0.0487. The average Bonchev–Trinajstić information content (AvgIpc) is 3.60. The number of rotatable bonds is 5. The molecule has 1 aliphatic carbocycles. The van der Waals surface area contributed by atoms with Crippen LogP contribution in [0.4, 0.5) is 13.2 Å². The molecule has 0 aromatic carbocycles. The monoisotopic (exact) mass is 439 g/mol. The van der Waals surface area contributed by atoms with Crippen molar-refractivity contribution in [3.05, 3.63) is 65.8 Å². The van der Waals surface area contributed by atoms with Gasteiger partial charge in [-0.25, -0.2) is 4.98 Å². The van der Waals surface area contributed by atoms with E-state index in [1.54, 1.807) is 6.92 Å². The molecule has 1 saturated carbocycles. The Hall–Kier alpha value is -3.94. The van der Waals surface area contributed by atoms with E-state index in [0.29, 0.717) is 36.0 Å². The topological polar surface area (TPSA) is 117 Å². The predicted molar refractivity (Wildman–Crippen MR) is 105 cm³/mol. The zero-order valence-corrected chi connectivity index (χ0v) is 16.8. The molecule has 11 heteroatoms. The van der Waals surface area contributed by atoms with Gasteiger partial charge in [-0.05, 0) is 31.9 Å². The summed E-state index contributed by atoms with van der Waals surface area (Å²) in [6.07, 6.45) is 3.41. The van der Waals surface area contributed by atoms with Gasteiger partial charge in [0.25, 0.3) is 5.91 Å². The second-order valence-corrected chi connectivity index (χ2v) is 7.39. The molecule has 1 unspecified atom stereocenters. The summed E-state index contributed by atoms with van der Waals surface area (Å²) < 4.78 is 40.2. The number of carbonyl (C=O) groups excluding carboxylic acids is 1. The van der Waals surface area contributed by atoms with Gasteiger partial charge in [0, 0.05) is 30.4 Å². The van der Waals surface area contributed by atoms with Crippen LogP contribution in [-0.4, -0.2) is 30.8 Å². The van der Waals surface area contributed by atoms with E-state index in [1.165, 1.54) is 37.1 Å². The Balaban J connectivity index is 1.66. The van der Waals surface area contributed by atoms with Crippen LogP contribution in [0, 0.1) is 11.3 Å². The summed E-state index contributed by atoms with van der Waals surface area (Å²) in [5.41, 5.74) is -1.37. The van der Waals surface area contributed by atoms with E-state index in [-0.39, 0.29) is 11.3 Å². The minimum Gasteiger partial charge on any atom is -0.344 e. The van der Waals surface area contributed by atoms with Crippen LogP contribution in [-0.2, 0) is 11.6 Å². The largest absolute Gasteiger partial charge is 0.433 e. The van der Waals surface area contributed by atoms with Gasteiger partial charge in [-0.15, -0.1) is 0 Å². The molecule has 0 bridgehead atoms. The third-order valence-corrected chi connectivity index (χ3v) is 5.12. The van der Waals surface area contributed by atoms with E-state index in [2.05, 4.69) is 30.2 Å². The number of alkyl halides is 3. The number of nitrogens with one attached hydrogen (secondary N) is 1. The highest BCUT2D eigenvalue weighted by Crippen LogP contribution is 2.47. The SMILES string of the molecule is CC(NC(=O)c1cc(C(F)(F)F)nc(C2(C#N)CC2)c1)c1nccnc1-c1cnccn1. The van der Waals surface area contributed by atoms with Gasteiger partial charge in [-0.3, -0.25) is 24.7 Å². The first-order chi connectivity index (χ1) is 15.2.